The van der Waals surface area contributed by atoms with Crippen molar-refractivity contribution in [3.05, 3.63) is 0 Å². The average molecular weight is 232 g/mol. The fourth-order valence-corrected chi connectivity index (χ4v) is 1.63. The third kappa shape index (κ3) is 1.84. The molecule has 1 rings (SSSR count). The lowest BCUT2D eigenvalue weighted by Crippen LogP contribution is -2.64. The summed E-state index contributed by atoms with van der Waals surface area (Å²) in [5.74, 6) is -3.59. The minimum absolute atomic E-state index is 0.0876. The molecule has 0 bridgehead atoms. The van der Waals surface area contributed by atoms with Crippen LogP contribution in [0.3, 0.4) is 0 Å². The summed E-state index contributed by atoms with van der Waals surface area (Å²) in [6.07, 6.45) is -2.16. The number of aliphatic hydroxyl groups is 1. The molecule has 16 heavy (non-hydrogen) atoms. The molecule has 0 aliphatic carbocycles. The van der Waals surface area contributed by atoms with Crippen molar-refractivity contribution in [3.8, 4) is 0 Å². The summed E-state index contributed by atoms with van der Waals surface area (Å²) in [4.78, 5) is 32.6. The van der Waals surface area contributed by atoms with Crippen LogP contribution in [-0.2, 0) is 14.4 Å². The number of hydrogen-bond acceptors (Lipinski definition) is 5. The predicted octanol–water partition coefficient (Wildman–Crippen LogP) is -2.51. The van der Waals surface area contributed by atoms with Gasteiger partial charge in [0.2, 0.25) is 5.91 Å². The Morgan fingerprint density at radius 1 is 1.44 bits per heavy atom. The summed E-state index contributed by atoms with van der Waals surface area (Å²) in [6.45, 7) is 0. The first kappa shape index (κ1) is 12.4. The molecule has 6 N–H and O–H groups in total. The first-order valence-electron chi connectivity index (χ1n) is 4.52. The maximum Gasteiger partial charge on any atom is 0.332 e. The van der Waals surface area contributed by atoms with Crippen molar-refractivity contribution >= 4 is 17.8 Å². The van der Waals surface area contributed by atoms with E-state index in [0.717, 1.165) is 0 Å². The number of aliphatic carboxylic acids is 2. The van der Waals surface area contributed by atoms with Crippen molar-refractivity contribution < 1.29 is 29.7 Å². The lowest BCUT2D eigenvalue weighted by molar-refractivity contribution is -0.154. The largest absolute Gasteiger partial charge is 0.480 e. The van der Waals surface area contributed by atoms with Crippen LogP contribution in [0.15, 0.2) is 0 Å². The lowest BCUT2D eigenvalue weighted by atomic mass is 9.86. The number of aliphatic hydroxyl groups excluding tert-OH is 1. The summed E-state index contributed by atoms with van der Waals surface area (Å²) in [7, 11) is 0. The molecule has 0 radical (unpaired) electrons. The summed E-state index contributed by atoms with van der Waals surface area (Å²) in [5, 5.41) is 29.2. The molecular weight excluding hydrogens is 220 g/mol. The van der Waals surface area contributed by atoms with Crippen molar-refractivity contribution in [3.63, 3.8) is 0 Å². The van der Waals surface area contributed by atoms with Gasteiger partial charge in [0.25, 0.3) is 0 Å². The molecule has 8 nitrogen and oxygen atoms in total. The van der Waals surface area contributed by atoms with Gasteiger partial charge in [-0.25, -0.2) is 4.79 Å². The Hall–Kier alpha value is -1.67. The van der Waals surface area contributed by atoms with Gasteiger partial charge >= 0.3 is 11.9 Å². The van der Waals surface area contributed by atoms with E-state index >= 15 is 0 Å². The number of carbonyl (C=O) groups excluding carboxylic acids is 1. The van der Waals surface area contributed by atoms with Gasteiger partial charge in [-0.3, -0.25) is 9.59 Å². The van der Waals surface area contributed by atoms with E-state index in [1.165, 1.54) is 0 Å². The number of carboxylic acid groups (broad SMARTS) is 2. The SMILES string of the molecule is N[C@@H](C(=O)O)[C@H](O)[C@@]1(C(=O)O)CCC(=O)N1. The smallest absolute Gasteiger partial charge is 0.332 e. The molecule has 0 aromatic rings. The van der Waals surface area contributed by atoms with E-state index in [-0.39, 0.29) is 12.8 Å². The number of amides is 1. The maximum absolute atomic E-state index is 11.0. The zero-order valence-electron chi connectivity index (χ0n) is 8.21. The van der Waals surface area contributed by atoms with Gasteiger partial charge in [0.15, 0.2) is 5.54 Å². The Balaban J connectivity index is 2.99. The zero-order chi connectivity index (χ0) is 12.5. The molecule has 0 spiro atoms. The van der Waals surface area contributed by atoms with Crippen molar-refractivity contribution in [2.24, 2.45) is 5.73 Å². The van der Waals surface area contributed by atoms with Crippen LogP contribution in [0.25, 0.3) is 0 Å². The molecule has 1 aliphatic heterocycles. The molecule has 1 heterocycles. The molecular formula is C8H12N2O6. The summed E-state index contributed by atoms with van der Waals surface area (Å²) >= 11 is 0. The van der Waals surface area contributed by atoms with Crippen LogP contribution in [0.5, 0.6) is 0 Å². The molecule has 1 aliphatic rings. The number of carboxylic acids is 2. The Morgan fingerprint density at radius 3 is 2.31 bits per heavy atom. The van der Waals surface area contributed by atoms with Crippen molar-refractivity contribution in [1.82, 2.24) is 5.32 Å². The Labute approximate surface area is 90.0 Å². The van der Waals surface area contributed by atoms with Gasteiger partial charge in [-0.1, -0.05) is 0 Å². The monoisotopic (exact) mass is 232 g/mol. The quantitative estimate of drug-likeness (QED) is 0.359. The van der Waals surface area contributed by atoms with Crippen LogP contribution < -0.4 is 11.1 Å². The van der Waals surface area contributed by atoms with Gasteiger partial charge < -0.3 is 26.4 Å². The zero-order valence-corrected chi connectivity index (χ0v) is 8.21. The van der Waals surface area contributed by atoms with E-state index in [0.29, 0.717) is 0 Å². The molecule has 8 heteroatoms. The number of hydrogen-bond donors (Lipinski definition) is 5. The molecule has 0 saturated carbocycles. The highest BCUT2D eigenvalue weighted by molar-refractivity contribution is 5.92. The summed E-state index contributed by atoms with van der Waals surface area (Å²) < 4.78 is 0. The molecule has 0 unspecified atom stereocenters. The van der Waals surface area contributed by atoms with Crippen LogP contribution >= 0.6 is 0 Å². The number of carbonyl (C=O) groups is 3. The van der Waals surface area contributed by atoms with E-state index in [2.05, 4.69) is 5.32 Å². The molecule has 1 fully saturated rings. The van der Waals surface area contributed by atoms with E-state index in [1.54, 1.807) is 0 Å². The highest BCUT2D eigenvalue weighted by Crippen LogP contribution is 2.26. The third-order valence-electron chi connectivity index (χ3n) is 2.62. The highest BCUT2D eigenvalue weighted by Gasteiger charge is 2.53. The molecule has 3 atom stereocenters. The Bertz CT molecular complexity index is 343. The van der Waals surface area contributed by atoms with Crippen molar-refractivity contribution in [2.45, 2.75) is 30.5 Å². The van der Waals surface area contributed by atoms with Gasteiger partial charge in [0.05, 0.1) is 0 Å². The number of nitrogens with two attached hydrogens (primary N) is 1. The molecule has 0 aromatic heterocycles. The molecule has 1 amide bonds. The normalized spacial score (nSPS) is 28.2. The van der Waals surface area contributed by atoms with Gasteiger partial charge in [-0.15, -0.1) is 0 Å². The van der Waals surface area contributed by atoms with Crippen molar-refractivity contribution in [1.29, 1.82) is 0 Å². The second-order valence-corrected chi connectivity index (χ2v) is 3.63. The molecule has 0 aromatic carbocycles. The van der Waals surface area contributed by atoms with Gasteiger partial charge in [0, 0.05) is 6.42 Å². The highest BCUT2D eigenvalue weighted by atomic mass is 16.4. The summed E-state index contributed by atoms with van der Waals surface area (Å²) in [6, 6.07) is -1.77. The predicted molar refractivity (Wildman–Crippen MR) is 49.4 cm³/mol. The van der Waals surface area contributed by atoms with Crippen LogP contribution in [0.2, 0.25) is 0 Å². The maximum atomic E-state index is 11.0. The minimum Gasteiger partial charge on any atom is -0.480 e. The lowest BCUT2D eigenvalue weighted by Gasteiger charge is -2.31. The Kier molecular flexibility index (Phi) is 3.15. The first-order chi connectivity index (χ1) is 7.31. The van der Waals surface area contributed by atoms with E-state index < -0.39 is 35.5 Å². The summed E-state index contributed by atoms with van der Waals surface area (Å²) in [5.41, 5.74) is 3.14. The van der Waals surface area contributed by atoms with Gasteiger partial charge in [-0.2, -0.15) is 0 Å². The van der Waals surface area contributed by atoms with E-state index in [1.807, 2.05) is 0 Å². The average Bonchev–Trinajstić information content (AvgIpc) is 2.59. The second-order valence-electron chi connectivity index (χ2n) is 3.63. The van der Waals surface area contributed by atoms with Gasteiger partial charge in [-0.05, 0) is 6.42 Å². The first-order valence-corrected chi connectivity index (χ1v) is 4.52. The molecule has 1 saturated heterocycles. The fourth-order valence-electron chi connectivity index (χ4n) is 1.63. The fraction of sp³-hybridized carbons (Fsp3) is 0.625. The van der Waals surface area contributed by atoms with Crippen LogP contribution in [0, 0.1) is 0 Å². The minimum atomic E-state index is -2.01. The van der Waals surface area contributed by atoms with Crippen LogP contribution in [-0.4, -0.2) is 50.9 Å². The number of nitrogens with one attached hydrogen (secondary N) is 1. The molecule has 90 valence electrons. The standard InChI is InChI=1S/C8H12N2O6/c9-4(6(13)14)5(12)8(7(15)16)2-1-3(11)10-8/h4-5,12H,1-2,9H2,(H,10,11)(H,13,14)(H,15,16)/t4-,5+,8-/m1/s1. The van der Waals surface area contributed by atoms with E-state index in [4.69, 9.17) is 15.9 Å². The van der Waals surface area contributed by atoms with E-state index in [9.17, 15) is 19.5 Å². The van der Waals surface area contributed by atoms with Crippen LogP contribution in [0.1, 0.15) is 12.8 Å². The number of rotatable bonds is 4. The van der Waals surface area contributed by atoms with Crippen molar-refractivity contribution in [2.75, 3.05) is 0 Å². The second kappa shape index (κ2) is 4.06. The topological polar surface area (TPSA) is 150 Å². The Morgan fingerprint density at radius 2 is 2.00 bits per heavy atom. The third-order valence-corrected chi connectivity index (χ3v) is 2.62. The van der Waals surface area contributed by atoms with Crippen LogP contribution in [0.4, 0.5) is 0 Å². The van der Waals surface area contributed by atoms with Gasteiger partial charge in [0.1, 0.15) is 12.1 Å².